The summed E-state index contributed by atoms with van der Waals surface area (Å²) in [5.41, 5.74) is 2.37. The zero-order valence-electron chi connectivity index (χ0n) is 13.9. The average Bonchev–Trinajstić information content (AvgIpc) is 3.03. The summed E-state index contributed by atoms with van der Waals surface area (Å²) in [7, 11) is 1.95. The standard InChI is InChI=1S/C17H29N3/c1-12-13(9-17(12)7-8-17)15(2,3)11-16(4,5)14-10-20(6)19-18-14/h10,12-13H,7-9,11H2,1-6H3. The largest absolute Gasteiger partial charge is 0.255 e. The topological polar surface area (TPSA) is 30.7 Å². The van der Waals surface area contributed by atoms with E-state index in [1.165, 1.54) is 25.7 Å². The van der Waals surface area contributed by atoms with Gasteiger partial charge in [-0.3, -0.25) is 4.68 Å². The van der Waals surface area contributed by atoms with Gasteiger partial charge in [-0.1, -0.05) is 39.8 Å². The maximum atomic E-state index is 4.35. The van der Waals surface area contributed by atoms with Crippen molar-refractivity contribution in [2.24, 2.45) is 29.7 Å². The molecule has 1 heterocycles. The van der Waals surface area contributed by atoms with E-state index in [4.69, 9.17) is 0 Å². The molecule has 1 spiro atoms. The Morgan fingerprint density at radius 3 is 2.40 bits per heavy atom. The Balaban J connectivity index is 1.72. The molecular formula is C17H29N3. The van der Waals surface area contributed by atoms with Crippen molar-refractivity contribution < 1.29 is 0 Å². The van der Waals surface area contributed by atoms with Crippen LogP contribution in [0, 0.1) is 22.7 Å². The highest BCUT2D eigenvalue weighted by molar-refractivity contribution is 5.15. The Kier molecular flexibility index (Phi) is 2.88. The zero-order chi connectivity index (χ0) is 14.8. The Hall–Kier alpha value is -0.860. The van der Waals surface area contributed by atoms with Crippen LogP contribution in [0.1, 0.15) is 66.0 Å². The van der Waals surface area contributed by atoms with Gasteiger partial charge in [-0.15, -0.1) is 5.10 Å². The molecule has 3 rings (SSSR count). The zero-order valence-corrected chi connectivity index (χ0v) is 13.9. The molecule has 1 aromatic heterocycles. The lowest BCUT2D eigenvalue weighted by Crippen LogP contribution is -2.47. The molecule has 1 aromatic rings. The van der Waals surface area contributed by atoms with E-state index >= 15 is 0 Å². The predicted molar refractivity (Wildman–Crippen MR) is 81.4 cm³/mol. The van der Waals surface area contributed by atoms with Gasteiger partial charge in [-0.2, -0.15) is 0 Å². The second kappa shape index (κ2) is 4.08. The summed E-state index contributed by atoms with van der Waals surface area (Å²) in [5.74, 6) is 1.79. The van der Waals surface area contributed by atoms with E-state index in [2.05, 4.69) is 51.1 Å². The van der Waals surface area contributed by atoms with Crippen LogP contribution in [0.4, 0.5) is 0 Å². The minimum atomic E-state index is 0.101. The van der Waals surface area contributed by atoms with Gasteiger partial charge in [0.05, 0.1) is 5.69 Å². The molecule has 0 saturated heterocycles. The minimum Gasteiger partial charge on any atom is -0.255 e. The first-order chi connectivity index (χ1) is 9.16. The molecule has 112 valence electrons. The van der Waals surface area contributed by atoms with Gasteiger partial charge in [0.2, 0.25) is 0 Å². The van der Waals surface area contributed by atoms with E-state index in [9.17, 15) is 0 Å². The van der Waals surface area contributed by atoms with Crippen molar-refractivity contribution in [3.05, 3.63) is 11.9 Å². The highest BCUT2D eigenvalue weighted by Gasteiger charge is 2.62. The number of hydrogen-bond donors (Lipinski definition) is 0. The van der Waals surface area contributed by atoms with Crippen molar-refractivity contribution in [3.63, 3.8) is 0 Å². The summed E-state index contributed by atoms with van der Waals surface area (Å²) in [6.07, 6.45) is 7.67. The lowest BCUT2D eigenvalue weighted by Gasteiger charge is -2.54. The van der Waals surface area contributed by atoms with Gasteiger partial charge in [-0.25, -0.2) is 0 Å². The van der Waals surface area contributed by atoms with Crippen LogP contribution in [0.5, 0.6) is 0 Å². The molecule has 2 atom stereocenters. The van der Waals surface area contributed by atoms with Crippen LogP contribution in [-0.4, -0.2) is 15.0 Å². The van der Waals surface area contributed by atoms with Crippen molar-refractivity contribution in [3.8, 4) is 0 Å². The van der Waals surface area contributed by atoms with E-state index in [0.29, 0.717) is 5.41 Å². The van der Waals surface area contributed by atoms with Crippen LogP contribution in [0.15, 0.2) is 6.20 Å². The molecule has 0 N–H and O–H groups in total. The average molecular weight is 275 g/mol. The van der Waals surface area contributed by atoms with Gasteiger partial charge >= 0.3 is 0 Å². The van der Waals surface area contributed by atoms with E-state index in [1.54, 1.807) is 0 Å². The van der Waals surface area contributed by atoms with Crippen LogP contribution < -0.4 is 0 Å². The second-order valence-corrected chi connectivity index (χ2v) is 8.79. The summed E-state index contributed by atoms with van der Waals surface area (Å²) in [4.78, 5) is 0. The third-order valence-electron chi connectivity index (χ3n) is 6.29. The molecule has 0 aromatic carbocycles. The number of hydrogen-bond acceptors (Lipinski definition) is 2. The predicted octanol–water partition coefficient (Wildman–Crippen LogP) is 3.95. The molecule has 2 aliphatic rings. The Morgan fingerprint density at radius 1 is 1.30 bits per heavy atom. The second-order valence-electron chi connectivity index (χ2n) is 8.79. The molecule has 20 heavy (non-hydrogen) atoms. The van der Waals surface area contributed by atoms with Crippen molar-refractivity contribution in [2.45, 2.75) is 65.7 Å². The number of aromatic nitrogens is 3. The van der Waals surface area contributed by atoms with Crippen LogP contribution >= 0.6 is 0 Å². The van der Waals surface area contributed by atoms with Crippen LogP contribution in [0.2, 0.25) is 0 Å². The van der Waals surface area contributed by atoms with Gasteiger partial charge < -0.3 is 0 Å². The Bertz CT molecular complexity index is 508. The number of aryl methyl sites for hydroxylation is 1. The molecule has 0 aliphatic heterocycles. The van der Waals surface area contributed by atoms with Crippen molar-refractivity contribution in [2.75, 3.05) is 0 Å². The molecule has 0 radical (unpaired) electrons. The molecule has 0 amide bonds. The van der Waals surface area contributed by atoms with Crippen molar-refractivity contribution in [1.82, 2.24) is 15.0 Å². The summed E-state index contributed by atoms with van der Waals surface area (Å²) in [5, 5.41) is 8.45. The quantitative estimate of drug-likeness (QED) is 0.833. The molecule has 3 nitrogen and oxygen atoms in total. The number of rotatable bonds is 4. The van der Waals surface area contributed by atoms with Gasteiger partial charge in [0, 0.05) is 18.7 Å². The van der Waals surface area contributed by atoms with E-state index in [-0.39, 0.29) is 5.41 Å². The van der Waals surface area contributed by atoms with Crippen molar-refractivity contribution in [1.29, 1.82) is 0 Å². The lowest BCUT2D eigenvalue weighted by molar-refractivity contribution is -0.0399. The smallest absolute Gasteiger partial charge is 0.0883 e. The molecule has 2 fully saturated rings. The first-order valence-corrected chi connectivity index (χ1v) is 8.03. The third-order valence-corrected chi connectivity index (χ3v) is 6.29. The molecular weight excluding hydrogens is 246 g/mol. The maximum absolute atomic E-state index is 4.35. The summed E-state index contributed by atoms with van der Waals surface area (Å²) >= 11 is 0. The van der Waals surface area contributed by atoms with Crippen LogP contribution in [-0.2, 0) is 12.5 Å². The van der Waals surface area contributed by atoms with E-state index in [0.717, 1.165) is 22.9 Å². The molecule has 3 heteroatoms. The molecule has 2 aliphatic carbocycles. The normalized spacial score (nSPS) is 28.5. The first kappa shape index (κ1) is 14.1. The van der Waals surface area contributed by atoms with E-state index in [1.807, 2.05) is 11.7 Å². The molecule has 2 saturated carbocycles. The van der Waals surface area contributed by atoms with Crippen LogP contribution in [0.25, 0.3) is 0 Å². The van der Waals surface area contributed by atoms with Gasteiger partial charge in [0.15, 0.2) is 0 Å². The summed E-state index contributed by atoms with van der Waals surface area (Å²) in [6, 6.07) is 0. The highest BCUT2D eigenvalue weighted by Crippen LogP contribution is 2.71. The fourth-order valence-electron chi connectivity index (χ4n) is 4.86. The summed E-state index contributed by atoms with van der Waals surface area (Å²) in [6.45, 7) is 12.0. The fourth-order valence-corrected chi connectivity index (χ4v) is 4.86. The van der Waals surface area contributed by atoms with Crippen molar-refractivity contribution >= 4 is 0 Å². The van der Waals surface area contributed by atoms with Gasteiger partial charge in [0.1, 0.15) is 0 Å². The van der Waals surface area contributed by atoms with E-state index < -0.39 is 0 Å². The SMILES string of the molecule is CC1C(C(C)(C)CC(C)(C)c2cn(C)nn2)CC12CC2. The van der Waals surface area contributed by atoms with Gasteiger partial charge in [0.25, 0.3) is 0 Å². The Morgan fingerprint density at radius 2 is 1.95 bits per heavy atom. The van der Waals surface area contributed by atoms with Crippen LogP contribution in [0.3, 0.4) is 0 Å². The molecule has 0 bridgehead atoms. The first-order valence-electron chi connectivity index (χ1n) is 8.03. The Labute approximate surface area is 123 Å². The lowest BCUT2D eigenvalue weighted by atomic mass is 9.51. The summed E-state index contributed by atoms with van der Waals surface area (Å²) < 4.78 is 1.81. The van der Waals surface area contributed by atoms with Gasteiger partial charge in [-0.05, 0) is 48.3 Å². The monoisotopic (exact) mass is 275 g/mol. The number of nitrogens with zero attached hydrogens (tertiary/aromatic N) is 3. The minimum absolute atomic E-state index is 0.101. The fraction of sp³-hybridized carbons (Fsp3) is 0.882. The maximum Gasteiger partial charge on any atom is 0.0883 e. The third kappa shape index (κ3) is 2.10. The highest BCUT2D eigenvalue weighted by atomic mass is 15.4. The molecule has 2 unspecified atom stereocenters.